The van der Waals surface area contributed by atoms with Crippen LogP contribution in [0.3, 0.4) is 0 Å². The number of aliphatic carboxylic acids is 1. The second kappa shape index (κ2) is 8.72. The van der Waals surface area contributed by atoms with Gasteiger partial charge in [0.2, 0.25) is 0 Å². The predicted molar refractivity (Wildman–Crippen MR) is 102 cm³/mol. The first-order chi connectivity index (χ1) is 12.4. The highest BCUT2D eigenvalue weighted by Crippen LogP contribution is 2.38. The number of phenols is 2. The minimum Gasteiger partial charge on any atom is -0.508 e. The fourth-order valence-corrected chi connectivity index (χ4v) is 3.41. The van der Waals surface area contributed by atoms with Gasteiger partial charge in [-0.3, -0.25) is 4.79 Å². The van der Waals surface area contributed by atoms with Gasteiger partial charge in [-0.05, 0) is 67.9 Å². The highest BCUT2D eigenvalue weighted by atomic mass is 16.4. The Labute approximate surface area is 154 Å². The molecule has 2 rings (SSSR count). The number of phenolic OH excluding ortho intramolecular Hbond substituents is 2. The summed E-state index contributed by atoms with van der Waals surface area (Å²) in [5, 5.41) is 29.4. The molecular formula is C21H27NO4. The van der Waals surface area contributed by atoms with Crippen LogP contribution in [-0.2, 0) is 10.2 Å². The second-order valence-electron chi connectivity index (χ2n) is 6.43. The van der Waals surface area contributed by atoms with Crippen LogP contribution in [-0.4, -0.2) is 45.8 Å². The minimum atomic E-state index is -1.23. The van der Waals surface area contributed by atoms with Crippen LogP contribution in [0, 0.1) is 0 Å². The number of carboxylic acid groups (broad SMARTS) is 1. The Bertz CT molecular complexity index is 660. The van der Waals surface area contributed by atoms with Crippen molar-refractivity contribution < 1.29 is 20.1 Å². The van der Waals surface area contributed by atoms with E-state index in [1.165, 1.54) is 24.3 Å². The number of aromatic hydroxyl groups is 2. The van der Waals surface area contributed by atoms with Crippen LogP contribution in [0.15, 0.2) is 48.5 Å². The van der Waals surface area contributed by atoms with E-state index in [4.69, 9.17) is 0 Å². The quantitative estimate of drug-likeness (QED) is 0.639. The molecule has 0 saturated carbocycles. The van der Waals surface area contributed by atoms with Crippen LogP contribution < -0.4 is 0 Å². The molecule has 5 nitrogen and oxygen atoms in total. The zero-order valence-electron chi connectivity index (χ0n) is 15.4. The van der Waals surface area contributed by atoms with Crippen molar-refractivity contribution in [2.45, 2.75) is 32.1 Å². The summed E-state index contributed by atoms with van der Waals surface area (Å²) >= 11 is 0. The summed E-state index contributed by atoms with van der Waals surface area (Å²) in [5.74, 6) is -0.739. The molecule has 26 heavy (non-hydrogen) atoms. The van der Waals surface area contributed by atoms with Crippen molar-refractivity contribution in [2.24, 2.45) is 0 Å². The summed E-state index contributed by atoms with van der Waals surface area (Å²) in [4.78, 5) is 14.7. The lowest BCUT2D eigenvalue weighted by Crippen LogP contribution is -2.38. The molecule has 3 N–H and O–H groups in total. The molecule has 0 heterocycles. The van der Waals surface area contributed by atoms with Crippen molar-refractivity contribution in [3.05, 3.63) is 59.7 Å². The van der Waals surface area contributed by atoms with Gasteiger partial charge in [-0.25, -0.2) is 0 Å². The molecular weight excluding hydrogens is 330 g/mol. The number of hydrogen-bond acceptors (Lipinski definition) is 4. The normalized spacial score (nSPS) is 11.7. The first-order valence-electron chi connectivity index (χ1n) is 8.98. The Hall–Kier alpha value is -2.53. The van der Waals surface area contributed by atoms with E-state index in [0.29, 0.717) is 17.5 Å². The van der Waals surface area contributed by atoms with Gasteiger partial charge >= 0.3 is 5.97 Å². The maximum Gasteiger partial charge on any atom is 0.318 e. The molecule has 0 radical (unpaired) electrons. The van der Waals surface area contributed by atoms with Crippen molar-refractivity contribution in [1.82, 2.24) is 4.90 Å². The molecule has 0 spiro atoms. The SMILES string of the molecule is CCN(CC)CCCC(C(=O)O)(c1ccc(O)cc1)c1ccc(O)cc1. The molecule has 0 aliphatic rings. The summed E-state index contributed by atoms with van der Waals surface area (Å²) in [7, 11) is 0. The number of rotatable bonds is 9. The lowest BCUT2D eigenvalue weighted by molar-refractivity contribution is -0.142. The van der Waals surface area contributed by atoms with Crippen molar-refractivity contribution in [3.63, 3.8) is 0 Å². The molecule has 0 bridgehead atoms. The number of carboxylic acids is 1. The maximum absolute atomic E-state index is 12.5. The van der Waals surface area contributed by atoms with Crippen LogP contribution in [0.25, 0.3) is 0 Å². The Balaban J connectivity index is 2.45. The minimum absolute atomic E-state index is 0.0990. The van der Waals surface area contributed by atoms with Crippen LogP contribution >= 0.6 is 0 Å². The van der Waals surface area contributed by atoms with E-state index in [2.05, 4.69) is 18.7 Å². The van der Waals surface area contributed by atoms with Crippen molar-refractivity contribution in [1.29, 1.82) is 0 Å². The Kier molecular flexibility index (Phi) is 6.64. The summed E-state index contributed by atoms with van der Waals surface area (Å²) in [6.45, 7) is 6.85. The van der Waals surface area contributed by atoms with Crippen LogP contribution in [0.2, 0.25) is 0 Å². The Morgan fingerprint density at radius 2 is 1.31 bits per heavy atom. The van der Waals surface area contributed by atoms with Crippen molar-refractivity contribution >= 4 is 5.97 Å². The van der Waals surface area contributed by atoms with Gasteiger partial charge in [0.15, 0.2) is 0 Å². The molecule has 5 heteroatoms. The van der Waals surface area contributed by atoms with Gasteiger partial charge in [0.25, 0.3) is 0 Å². The van der Waals surface area contributed by atoms with Gasteiger partial charge < -0.3 is 20.2 Å². The van der Waals surface area contributed by atoms with Gasteiger partial charge in [-0.1, -0.05) is 38.1 Å². The lowest BCUT2D eigenvalue weighted by Gasteiger charge is -2.32. The maximum atomic E-state index is 12.5. The van der Waals surface area contributed by atoms with Crippen LogP contribution in [0.1, 0.15) is 37.8 Å². The molecule has 0 amide bonds. The van der Waals surface area contributed by atoms with E-state index >= 15 is 0 Å². The molecule has 140 valence electrons. The molecule has 0 saturated heterocycles. The molecule has 0 unspecified atom stereocenters. The van der Waals surface area contributed by atoms with E-state index in [1.807, 2.05) is 0 Å². The average Bonchev–Trinajstić information content (AvgIpc) is 2.64. The van der Waals surface area contributed by atoms with Gasteiger partial charge in [0, 0.05) is 0 Å². The fraction of sp³-hybridized carbons (Fsp3) is 0.381. The van der Waals surface area contributed by atoms with Gasteiger partial charge in [-0.15, -0.1) is 0 Å². The highest BCUT2D eigenvalue weighted by molar-refractivity contribution is 5.86. The van der Waals surface area contributed by atoms with E-state index in [0.717, 1.165) is 26.1 Å². The average molecular weight is 357 g/mol. The molecule has 2 aromatic carbocycles. The first-order valence-corrected chi connectivity index (χ1v) is 8.98. The van der Waals surface area contributed by atoms with E-state index in [9.17, 15) is 20.1 Å². The predicted octanol–water partition coefficient (Wildman–Crippen LogP) is 3.59. The summed E-state index contributed by atoms with van der Waals surface area (Å²) in [6.07, 6.45) is 1.14. The molecule has 2 aromatic rings. The monoisotopic (exact) mass is 357 g/mol. The van der Waals surface area contributed by atoms with Gasteiger partial charge in [0.05, 0.1) is 0 Å². The van der Waals surface area contributed by atoms with E-state index < -0.39 is 11.4 Å². The second-order valence-corrected chi connectivity index (χ2v) is 6.43. The zero-order chi connectivity index (χ0) is 19.2. The smallest absolute Gasteiger partial charge is 0.318 e. The summed E-state index contributed by atoms with van der Waals surface area (Å²) in [6, 6.07) is 12.7. The molecule has 0 atom stereocenters. The highest BCUT2D eigenvalue weighted by Gasteiger charge is 2.41. The Morgan fingerprint density at radius 3 is 1.65 bits per heavy atom. The Morgan fingerprint density at radius 1 is 0.885 bits per heavy atom. The van der Waals surface area contributed by atoms with Crippen LogP contribution in [0.4, 0.5) is 0 Å². The summed E-state index contributed by atoms with van der Waals surface area (Å²) < 4.78 is 0. The van der Waals surface area contributed by atoms with Gasteiger partial charge in [-0.2, -0.15) is 0 Å². The number of benzene rings is 2. The van der Waals surface area contributed by atoms with Crippen LogP contribution in [0.5, 0.6) is 11.5 Å². The molecule has 0 aliphatic carbocycles. The van der Waals surface area contributed by atoms with E-state index in [1.54, 1.807) is 24.3 Å². The van der Waals surface area contributed by atoms with Crippen molar-refractivity contribution in [2.75, 3.05) is 19.6 Å². The standard InChI is InChI=1S/C21H27NO4/c1-3-22(4-2)15-5-14-21(20(25)26,16-6-10-18(23)11-7-16)17-8-12-19(24)13-9-17/h6-13,23-24H,3-5,14-15H2,1-2H3,(H,25,26). The topological polar surface area (TPSA) is 81.0 Å². The molecule has 0 aromatic heterocycles. The first kappa shape index (κ1) is 19.8. The third-order valence-electron chi connectivity index (χ3n) is 5.01. The summed E-state index contributed by atoms with van der Waals surface area (Å²) in [5.41, 5.74) is 0.00948. The number of nitrogens with zero attached hydrogens (tertiary/aromatic N) is 1. The molecule has 0 aliphatic heterocycles. The molecule has 0 fully saturated rings. The lowest BCUT2D eigenvalue weighted by atomic mass is 9.71. The fourth-order valence-electron chi connectivity index (χ4n) is 3.41. The zero-order valence-corrected chi connectivity index (χ0v) is 15.4. The third kappa shape index (κ3) is 4.17. The van der Waals surface area contributed by atoms with Crippen molar-refractivity contribution in [3.8, 4) is 11.5 Å². The van der Waals surface area contributed by atoms with E-state index in [-0.39, 0.29) is 11.5 Å². The number of carbonyl (C=O) groups is 1. The third-order valence-corrected chi connectivity index (χ3v) is 5.01. The number of hydrogen-bond donors (Lipinski definition) is 3. The largest absolute Gasteiger partial charge is 0.508 e. The van der Waals surface area contributed by atoms with Gasteiger partial charge in [0.1, 0.15) is 16.9 Å².